The van der Waals surface area contributed by atoms with Crippen LogP contribution in [0.1, 0.15) is 66.2 Å². The van der Waals surface area contributed by atoms with E-state index in [1.54, 1.807) is 13.0 Å². The van der Waals surface area contributed by atoms with Gasteiger partial charge in [0.2, 0.25) is 5.91 Å². The van der Waals surface area contributed by atoms with Crippen LogP contribution in [0.2, 0.25) is 0 Å². The molecule has 2 aliphatic carbocycles. The standard InChI is InChI=1S/C21H27NO5S/c1-2-27-21(26)17-15-11-5-3-4-6-12-16(15)28-19(17)22-18(23)13-9-7-8-10-14(13)20(24)25/h7-8,13-14H,2-6,9-12H2,1H3,(H,22,23)(H,24,25)/p-1/t13-,14-/m1/s1. The third-order valence-electron chi connectivity index (χ3n) is 5.46. The maximum atomic E-state index is 12.9. The van der Waals surface area contributed by atoms with Gasteiger partial charge in [-0.1, -0.05) is 25.0 Å². The summed E-state index contributed by atoms with van der Waals surface area (Å²) >= 11 is 1.43. The highest BCUT2D eigenvalue weighted by Crippen LogP contribution is 2.38. The molecule has 6 nitrogen and oxygen atoms in total. The van der Waals surface area contributed by atoms with Crippen molar-refractivity contribution in [2.24, 2.45) is 11.8 Å². The van der Waals surface area contributed by atoms with Crippen LogP contribution in [-0.4, -0.2) is 24.5 Å². The number of allylic oxidation sites excluding steroid dienone is 2. The minimum atomic E-state index is -1.21. The molecule has 2 atom stereocenters. The van der Waals surface area contributed by atoms with Crippen molar-refractivity contribution in [3.05, 3.63) is 28.2 Å². The summed E-state index contributed by atoms with van der Waals surface area (Å²) in [7, 11) is 0. The number of carbonyl (C=O) groups excluding carboxylic acids is 3. The van der Waals surface area contributed by atoms with E-state index in [9.17, 15) is 19.5 Å². The van der Waals surface area contributed by atoms with Crippen molar-refractivity contribution in [1.29, 1.82) is 0 Å². The van der Waals surface area contributed by atoms with E-state index in [4.69, 9.17) is 4.74 Å². The molecule has 0 fully saturated rings. The van der Waals surface area contributed by atoms with Gasteiger partial charge in [0, 0.05) is 16.8 Å². The number of aryl methyl sites for hydroxylation is 1. The SMILES string of the molecule is CCOC(=O)c1c(NC(=O)[C@@H]2CC=CC[C@H]2C(=O)[O-])sc2c1CCCCCC2. The molecule has 152 valence electrons. The Morgan fingerprint density at radius 2 is 1.79 bits per heavy atom. The number of hydrogen-bond acceptors (Lipinski definition) is 6. The number of carboxylic acids is 1. The van der Waals surface area contributed by atoms with Gasteiger partial charge in [0.15, 0.2) is 0 Å². The van der Waals surface area contributed by atoms with Crippen LogP contribution in [0.5, 0.6) is 0 Å². The van der Waals surface area contributed by atoms with Crippen molar-refractivity contribution in [1.82, 2.24) is 0 Å². The number of esters is 1. The molecule has 28 heavy (non-hydrogen) atoms. The highest BCUT2D eigenvalue weighted by Gasteiger charge is 2.32. The Balaban J connectivity index is 1.90. The van der Waals surface area contributed by atoms with Crippen LogP contribution in [0.15, 0.2) is 12.2 Å². The van der Waals surface area contributed by atoms with Crippen LogP contribution in [0.4, 0.5) is 5.00 Å². The van der Waals surface area contributed by atoms with E-state index in [1.165, 1.54) is 11.3 Å². The van der Waals surface area contributed by atoms with Gasteiger partial charge in [-0.25, -0.2) is 4.79 Å². The van der Waals surface area contributed by atoms with Gasteiger partial charge in [0.05, 0.1) is 18.1 Å². The lowest BCUT2D eigenvalue weighted by Gasteiger charge is -2.28. The number of amides is 1. The number of hydrogen-bond donors (Lipinski definition) is 1. The Labute approximate surface area is 169 Å². The first-order valence-corrected chi connectivity index (χ1v) is 10.8. The van der Waals surface area contributed by atoms with Gasteiger partial charge >= 0.3 is 5.97 Å². The summed E-state index contributed by atoms with van der Waals surface area (Å²) in [6, 6.07) is 0. The molecule has 1 aromatic rings. The van der Waals surface area contributed by atoms with Crippen molar-refractivity contribution in [2.75, 3.05) is 11.9 Å². The highest BCUT2D eigenvalue weighted by molar-refractivity contribution is 7.17. The largest absolute Gasteiger partial charge is 0.550 e. The van der Waals surface area contributed by atoms with Crippen LogP contribution in [0.25, 0.3) is 0 Å². The van der Waals surface area contributed by atoms with E-state index in [2.05, 4.69) is 5.32 Å². The number of nitrogens with one attached hydrogen (secondary N) is 1. The predicted molar refractivity (Wildman–Crippen MR) is 105 cm³/mol. The summed E-state index contributed by atoms with van der Waals surface area (Å²) in [6.45, 7) is 2.02. The molecule has 1 amide bonds. The van der Waals surface area contributed by atoms with Gasteiger partial charge in [-0.05, 0) is 51.0 Å². The second-order valence-corrected chi connectivity index (χ2v) is 8.41. The first-order chi connectivity index (χ1) is 13.5. The van der Waals surface area contributed by atoms with E-state index in [-0.39, 0.29) is 18.9 Å². The average molecular weight is 405 g/mol. The van der Waals surface area contributed by atoms with E-state index in [1.807, 2.05) is 6.08 Å². The molecule has 1 aromatic heterocycles. The van der Waals surface area contributed by atoms with E-state index >= 15 is 0 Å². The van der Waals surface area contributed by atoms with Crippen molar-refractivity contribution >= 4 is 34.2 Å². The van der Waals surface area contributed by atoms with Gasteiger partial charge in [-0.3, -0.25) is 4.79 Å². The van der Waals surface area contributed by atoms with Crippen molar-refractivity contribution in [3.63, 3.8) is 0 Å². The Morgan fingerprint density at radius 1 is 1.11 bits per heavy atom. The molecule has 0 radical (unpaired) electrons. The predicted octanol–water partition coefficient (Wildman–Crippen LogP) is 2.85. The zero-order valence-corrected chi connectivity index (χ0v) is 16.9. The third kappa shape index (κ3) is 4.46. The van der Waals surface area contributed by atoms with Gasteiger partial charge in [0.25, 0.3) is 0 Å². The number of carboxylic acid groups (broad SMARTS) is 1. The van der Waals surface area contributed by atoms with E-state index < -0.39 is 23.8 Å². The number of thiophene rings is 1. The van der Waals surface area contributed by atoms with Crippen molar-refractivity contribution in [2.45, 2.75) is 58.3 Å². The molecule has 0 saturated carbocycles. The van der Waals surface area contributed by atoms with Gasteiger partial charge in [-0.15, -0.1) is 11.3 Å². The molecule has 7 heteroatoms. The van der Waals surface area contributed by atoms with Crippen LogP contribution in [0, 0.1) is 11.8 Å². The number of fused-ring (bicyclic) bond motifs is 1. The Morgan fingerprint density at radius 3 is 2.46 bits per heavy atom. The Hall–Kier alpha value is -2.15. The molecule has 3 rings (SSSR count). The lowest BCUT2D eigenvalue weighted by molar-refractivity contribution is -0.313. The zero-order chi connectivity index (χ0) is 20.1. The first-order valence-electron chi connectivity index (χ1n) is 10.0. The summed E-state index contributed by atoms with van der Waals surface area (Å²) in [4.78, 5) is 38.1. The quantitative estimate of drug-likeness (QED) is 0.601. The van der Waals surface area contributed by atoms with Crippen LogP contribution < -0.4 is 10.4 Å². The fourth-order valence-electron chi connectivity index (χ4n) is 4.00. The van der Waals surface area contributed by atoms with Gasteiger partial charge in [-0.2, -0.15) is 0 Å². The van der Waals surface area contributed by atoms with Crippen LogP contribution >= 0.6 is 11.3 Å². The van der Waals surface area contributed by atoms with Gasteiger partial charge in [0.1, 0.15) is 5.00 Å². The summed E-state index contributed by atoms with van der Waals surface area (Å²) < 4.78 is 5.25. The van der Waals surface area contributed by atoms with Crippen LogP contribution in [0.3, 0.4) is 0 Å². The third-order valence-corrected chi connectivity index (χ3v) is 6.67. The molecule has 1 N–H and O–H groups in total. The second-order valence-electron chi connectivity index (χ2n) is 7.31. The molecule has 2 aliphatic rings. The molecule has 0 spiro atoms. The summed E-state index contributed by atoms with van der Waals surface area (Å²) in [6.07, 6.45) is 10.3. The second kappa shape index (κ2) is 9.37. The van der Waals surface area contributed by atoms with Crippen molar-refractivity contribution < 1.29 is 24.2 Å². The number of ether oxygens (including phenoxy) is 1. The fourth-order valence-corrected chi connectivity index (χ4v) is 5.28. The number of aliphatic carboxylic acids is 1. The normalized spacial score (nSPS) is 21.9. The minimum absolute atomic E-state index is 0.261. The summed E-state index contributed by atoms with van der Waals surface area (Å²) in [5, 5.41) is 14.8. The fraction of sp³-hybridized carbons (Fsp3) is 0.571. The molecular weight excluding hydrogens is 378 g/mol. The summed E-state index contributed by atoms with van der Waals surface area (Å²) in [5.41, 5.74) is 1.44. The lowest BCUT2D eigenvalue weighted by atomic mass is 9.82. The van der Waals surface area contributed by atoms with Crippen LogP contribution in [-0.2, 0) is 27.2 Å². The molecule has 0 aliphatic heterocycles. The number of rotatable bonds is 5. The van der Waals surface area contributed by atoms with E-state index in [0.29, 0.717) is 17.0 Å². The maximum Gasteiger partial charge on any atom is 0.341 e. The van der Waals surface area contributed by atoms with Crippen molar-refractivity contribution in [3.8, 4) is 0 Å². The van der Waals surface area contributed by atoms with Gasteiger partial charge < -0.3 is 20.0 Å². The number of carbonyl (C=O) groups is 3. The Kier molecular flexibility index (Phi) is 6.88. The lowest BCUT2D eigenvalue weighted by Crippen LogP contribution is -2.41. The molecular formula is C21H26NO5S-. The Bertz CT molecular complexity index is 782. The molecule has 0 saturated heterocycles. The minimum Gasteiger partial charge on any atom is -0.550 e. The highest BCUT2D eigenvalue weighted by atomic mass is 32.1. The molecule has 1 heterocycles. The van der Waals surface area contributed by atoms with E-state index in [0.717, 1.165) is 49.0 Å². The average Bonchev–Trinajstić information content (AvgIpc) is 2.98. The topological polar surface area (TPSA) is 95.5 Å². The monoisotopic (exact) mass is 404 g/mol. The molecule has 0 unspecified atom stereocenters. The molecule has 0 aromatic carbocycles. The first kappa shape index (κ1) is 20.6. The smallest absolute Gasteiger partial charge is 0.341 e. The summed E-state index contributed by atoms with van der Waals surface area (Å²) in [5.74, 6) is -3.56. The maximum absolute atomic E-state index is 12.9. The molecule has 0 bridgehead atoms. The zero-order valence-electron chi connectivity index (χ0n) is 16.1. The number of anilines is 1.